The van der Waals surface area contributed by atoms with E-state index in [0.29, 0.717) is 21.7 Å². The van der Waals surface area contributed by atoms with Crippen molar-refractivity contribution in [2.75, 3.05) is 6.61 Å². The Morgan fingerprint density at radius 3 is 2.77 bits per heavy atom. The molecule has 72 valence electrons. The Balaban J connectivity index is 2.98. The second-order valence-corrected chi connectivity index (χ2v) is 4.10. The summed E-state index contributed by atoms with van der Waals surface area (Å²) in [5.41, 5.74) is 0. The highest BCUT2D eigenvalue weighted by Crippen LogP contribution is 2.26. The van der Waals surface area contributed by atoms with Gasteiger partial charge in [0.1, 0.15) is 5.75 Å². The Morgan fingerprint density at radius 1 is 1.62 bits per heavy atom. The molecule has 1 atom stereocenters. The number of hydrogen-bond donors (Lipinski definition) is 1. The van der Waals surface area contributed by atoms with Crippen LogP contribution in [0.3, 0.4) is 0 Å². The smallest absolute Gasteiger partial charge is 0.186 e. The Labute approximate surface area is 87.5 Å². The van der Waals surface area contributed by atoms with Gasteiger partial charge in [-0.25, -0.2) is 4.21 Å². The fourth-order valence-corrected chi connectivity index (χ4v) is 1.91. The lowest BCUT2D eigenvalue weighted by Gasteiger charge is -2.05. The zero-order valence-corrected chi connectivity index (χ0v) is 9.39. The summed E-state index contributed by atoms with van der Waals surface area (Å²) in [6, 6.07) is 4.80. The van der Waals surface area contributed by atoms with Crippen LogP contribution in [0.1, 0.15) is 6.92 Å². The normalized spacial score (nSPS) is 12.5. The first kappa shape index (κ1) is 10.7. The van der Waals surface area contributed by atoms with Gasteiger partial charge in [0.25, 0.3) is 0 Å². The van der Waals surface area contributed by atoms with E-state index in [2.05, 4.69) is 15.9 Å². The van der Waals surface area contributed by atoms with Gasteiger partial charge in [-0.3, -0.25) is 0 Å². The van der Waals surface area contributed by atoms with Gasteiger partial charge in [-0.1, -0.05) is 0 Å². The summed E-state index contributed by atoms with van der Waals surface area (Å²) in [6.45, 7) is 2.45. The fourth-order valence-electron chi connectivity index (χ4n) is 0.863. The molecule has 0 aliphatic carbocycles. The van der Waals surface area contributed by atoms with E-state index in [-0.39, 0.29) is 0 Å². The molecule has 0 fully saturated rings. The standard InChI is InChI=1S/C8H9BrO3S/c1-2-12-8-4-3-6(13(10)11)5-7(8)9/h3-5H,2H2,1H3,(H,10,11). The molecule has 0 amide bonds. The molecule has 1 aromatic rings. The van der Waals surface area contributed by atoms with Crippen LogP contribution in [0.25, 0.3) is 0 Å². The third-order valence-electron chi connectivity index (χ3n) is 1.40. The van der Waals surface area contributed by atoms with Gasteiger partial charge in [0.2, 0.25) is 0 Å². The molecule has 13 heavy (non-hydrogen) atoms. The molecule has 1 unspecified atom stereocenters. The number of rotatable bonds is 3. The summed E-state index contributed by atoms with van der Waals surface area (Å²) >= 11 is 1.31. The molecule has 0 saturated heterocycles. The van der Waals surface area contributed by atoms with Crippen LogP contribution in [0.5, 0.6) is 5.75 Å². The van der Waals surface area contributed by atoms with Gasteiger partial charge in [0, 0.05) is 0 Å². The zero-order chi connectivity index (χ0) is 9.84. The predicted molar refractivity (Wildman–Crippen MR) is 54.3 cm³/mol. The van der Waals surface area contributed by atoms with Gasteiger partial charge in [0.15, 0.2) is 11.1 Å². The van der Waals surface area contributed by atoms with Crippen molar-refractivity contribution in [2.45, 2.75) is 11.8 Å². The molecule has 0 saturated carbocycles. The minimum absolute atomic E-state index is 0.357. The van der Waals surface area contributed by atoms with Gasteiger partial charge in [-0.05, 0) is 41.1 Å². The molecule has 3 nitrogen and oxygen atoms in total. The molecule has 1 aromatic carbocycles. The number of halogens is 1. The largest absolute Gasteiger partial charge is 0.493 e. The highest BCUT2D eigenvalue weighted by Gasteiger charge is 2.04. The summed E-state index contributed by atoms with van der Waals surface area (Å²) in [5, 5.41) is 0. The van der Waals surface area contributed by atoms with Crippen LogP contribution >= 0.6 is 15.9 Å². The van der Waals surface area contributed by atoms with E-state index >= 15 is 0 Å². The Morgan fingerprint density at radius 2 is 2.31 bits per heavy atom. The van der Waals surface area contributed by atoms with Gasteiger partial charge in [-0.15, -0.1) is 0 Å². The number of ether oxygens (including phenoxy) is 1. The maximum atomic E-state index is 10.7. The van der Waals surface area contributed by atoms with Gasteiger partial charge >= 0.3 is 0 Å². The van der Waals surface area contributed by atoms with Crippen molar-refractivity contribution in [1.82, 2.24) is 0 Å². The van der Waals surface area contributed by atoms with Gasteiger partial charge < -0.3 is 9.29 Å². The van der Waals surface area contributed by atoms with Crippen LogP contribution in [0.2, 0.25) is 0 Å². The molecule has 1 N–H and O–H groups in total. The van der Waals surface area contributed by atoms with Crippen molar-refractivity contribution in [1.29, 1.82) is 0 Å². The van der Waals surface area contributed by atoms with Crippen LogP contribution in [-0.4, -0.2) is 15.4 Å². The molecule has 0 radical (unpaired) electrons. The lowest BCUT2D eigenvalue weighted by molar-refractivity contribution is 0.338. The molecule has 0 spiro atoms. The lowest BCUT2D eigenvalue weighted by atomic mass is 10.3. The van der Waals surface area contributed by atoms with Crippen LogP contribution in [0, 0.1) is 0 Å². The first-order valence-electron chi connectivity index (χ1n) is 3.68. The quantitative estimate of drug-likeness (QED) is 0.854. The van der Waals surface area contributed by atoms with Crippen LogP contribution in [0.15, 0.2) is 27.6 Å². The predicted octanol–water partition coefficient (Wildman–Crippen LogP) is 2.43. The maximum absolute atomic E-state index is 10.7. The third-order valence-corrected chi connectivity index (χ3v) is 2.68. The minimum Gasteiger partial charge on any atom is -0.493 e. The Hall–Kier alpha value is -0.390. The molecule has 0 bridgehead atoms. The highest BCUT2D eigenvalue weighted by atomic mass is 79.9. The van der Waals surface area contributed by atoms with Crippen molar-refractivity contribution in [3.8, 4) is 5.75 Å². The van der Waals surface area contributed by atoms with Crippen LogP contribution in [-0.2, 0) is 11.1 Å². The molecule has 0 heterocycles. The highest BCUT2D eigenvalue weighted by molar-refractivity contribution is 9.10. The van der Waals surface area contributed by atoms with E-state index in [1.54, 1.807) is 18.2 Å². The van der Waals surface area contributed by atoms with E-state index in [4.69, 9.17) is 9.29 Å². The number of hydrogen-bond acceptors (Lipinski definition) is 2. The number of benzene rings is 1. The van der Waals surface area contributed by atoms with E-state index in [9.17, 15) is 4.21 Å². The van der Waals surface area contributed by atoms with E-state index in [0.717, 1.165) is 0 Å². The average molecular weight is 265 g/mol. The second-order valence-electron chi connectivity index (χ2n) is 2.27. The van der Waals surface area contributed by atoms with Crippen molar-refractivity contribution in [3.63, 3.8) is 0 Å². The van der Waals surface area contributed by atoms with Gasteiger partial charge in [-0.2, -0.15) is 0 Å². The van der Waals surface area contributed by atoms with E-state index < -0.39 is 11.1 Å². The summed E-state index contributed by atoms with van der Waals surface area (Å²) in [6.07, 6.45) is 0. The summed E-state index contributed by atoms with van der Waals surface area (Å²) in [7, 11) is 0. The van der Waals surface area contributed by atoms with Crippen molar-refractivity contribution in [2.24, 2.45) is 0 Å². The molecule has 0 aliphatic rings. The first-order chi connectivity index (χ1) is 6.15. The minimum atomic E-state index is -1.94. The summed E-state index contributed by atoms with van der Waals surface area (Å²) in [5.74, 6) is 0.678. The lowest BCUT2D eigenvalue weighted by Crippen LogP contribution is -1.94. The monoisotopic (exact) mass is 264 g/mol. The maximum Gasteiger partial charge on any atom is 0.186 e. The summed E-state index contributed by atoms with van der Waals surface area (Å²) < 4.78 is 25.4. The second kappa shape index (κ2) is 4.74. The van der Waals surface area contributed by atoms with Crippen LogP contribution in [0.4, 0.5) is 0 Å². The average Bonchev–Trinajstić information content (AvgIpc) is 2.08. The SMILES string of the molecule is CCOc1ccc(S(=O)O)cc1Br. The van der Waals surface area contributed by atoms with E-state index in [1.807, 2.05) is 6.92 Å². The van der Waals surface area contributed by atoms with E-state index in [1.165, 1.54) is 0 Å². The van der Waals surface area contributed by atoms with Crippen molar-refractivity contribution < 1.29 is 13.5 Å². The zero-order valence-electron chi connectivity index (χ0n) is 6.99. The topological polar surface area (TPSA) is 46.5 Å². The Bertz CT molecular complexity index is 327. The molecular formula is C8H9BrO3S. The molecular weight excluding hydrogens is 256 g/mol. The molecule has 1 rings (SSSR count). The van der Waals surface area contributed by atoms with Crippen molar-refractivity contribution in [3.05, 3.63) is 22.7 Å². The van der Waals surface area contributed by atoms with Crippen LogP contribution < -0.4 is 4.74 Å². The first-order valence-corrected chi connectivity index (χ1v) is 5.58. The third kappa shape index (κ3) is 2.79. The van der Waals surface area contributed by atoms with Gasteiger partial charge in [0.05, 0.1) is 16.0 Å². The Kier molecular flexibility index (Phi) is 3.90. The molecule has 0 aliphatic heterocycles. The fraction of sp³-hybridized carbons (Fsp3) is 0.250. The molecule has 5 heteroatoms. The molecule has 0 aromatic heterocycles. The van der Waals surface area contributed by atoms with Crippen molar-refractivity contribution >= 4 is 27.0 Å². The summed E-state index contributed by atoms with van der Waals surface area (Å²) in [4.78, 5) is 0.357.